The molecule has 0 radical (unpaired) electrons. The van der Waals surface area contributed by atoms with E-state index in [0.29, 0.717) is 18.8 Å². The number of pyridine rings is 2. The van der Waals surface area contributed by atoms with Gasteiger partial charge in [-0.3, -0.25) is 9.78 Å². The maximum atomic E-state index is 12.7. The number of nitrogens with zero attached hydrogens (tertiary/aromatic N) is 6. The van der Waals surface area contributed by atoms with E-state index in [1.807, 2.05) is 46.2 Å². The van der Waals surface area contributed by atoms with Crippen molar-refractivity contribution in [3.05, 3.63) is 61.3 Å². The zero-order chi connectivity index (χ0) is 19.9. The maximum absolute atomic E-state index is 12.7. The number of anilines is 2. The second-order valence-corrected chi connectivity index (χ2v) is 6.72. The summed E-state index contributed by atoms with van der Waals surface area (Å²) in [5.74, 6) is 1.59. The largest absolute Gasteiger partial charge is 0.340 e. The van der Waals surface area contributed by atoms with Gasteiger partial charge in [-0.2, -0.15) is 0 Å². The molecular weight excluding hydrogens is 366 g/mol. The van der Waals surface area contributed by atoms with Crippen LogP contribution in [0.1, 0.15) is 6.42 Å². The zero-order valence-electron chi connectivity index (χ0n) is 16.1. The number of carbonyl (C=O) groups is 1. The van der Waals surface area contributed by atoms with Gasteiger partial charge in [0.25, 0.3) is 0 Å². The summed E-state index contributed by atoms with van der Waals surface area (Å²) < 4.78 is 0. The van der Waals surface area contributed by atoms with Crippen LogP contribution in [0.5, 0.6) is 0 Å². The normalized spacial score (nSPS) is 13.9. The van der Waals surface area contributed by atoms with E-state index in [1.54, 1.807) is 18.6 Å². The number of carbonyl (C=O) groups excluding carboxylic acids is 1. The predicted octanol–water partition coefficient (Wildman–Crippen LogP) is 1.89. The van der Waals surface area contributed by atoms with E-state index in [-0.39, 0.29) is 5.91 Å². The van der Waals surface area contributed by atoms with Crippen molar-refractivity contribution < 1.29 is 4.79 Å². The van der Waals surface area contributed by atoms with E-state index < -0.39 is 0 Å². The first kappa shape index (κ1) is 18.9. The molecule has 8 heteroatoms. The molecule has 3 aromatic heterocycles. The van der Waals surface area contributed by atoms with Crippen molar-refractivity contribution in [2.45, 2.75) is 6.42 Å². The van der Waals surface area contributed by atoms with Gasteiger partial charge >= 0.3 is 0 Å². The van der Waals surface area contributed by atoms with Gasteiger partial charge in [-0.05, 0) is 30.3 Å². The quantitative estimate of drug-likeness (QED) is 0.689. The third-order valence-electron chi connectivity index (χ3n) is 4.83. The Balaban J connectivity index is 1.57. The summed E-state index contributed by atoms with van der Waals surface area (Å²) in [7, 11) is 0. The van der Waals surface area contributed by atoms with Crippen LogP contribution in [0.4, 0.5) is 11.6 Å². The van der Waals surface area contributed by atoms with Crippen LogP contribution >= 0.6 is 0 Å². The second-order valence-electron chi connectivity index (χ2n) is 6.72. The summed E-state index contributed by atoms with van der Waals surface area (Å²) in [4.78, 5) is 33.9. The number of hydrogen-bond donors (Lipinski definition) is 1. The molecule has 1 amide bonds. The molecule has 0 saturated carbocycles. The highest BCUT2D eigenvalue weighted by Gasteiger charge is 2.19. The molecule has 1 fully saturated rings. The minimum absolute atomic E-state index is 0.147. The Morgan fingerprint density at radius 1 is 1.03 bits per heavy atom. The van der Waals surface area contributed by atoms with Crippen LogP contribution in [0.25, 0.3) is 11.3 Å². The Morgan fingerprint density at radius 2 is 1.93 bits per heavy atom. The highest BCUT2D eigenvalue weighted by atomic mass is 16.2. The lowest BCUT2D eigenvalue weighted by atomic mass is 10.2. The van der Waals surface area contributed by atoms with Crippen LogP contribution in [-0.4, -0.2) is 63.5 Å². The predicted molar refractivity (Wildman–Crippen MR) is 111 cm³/mol. The molecule has 0 atom stereocenters. The summed E-state index contributed by atoms with van der Waals surface area (Å²) in [6.45, 7) is 3.68. The zero-order valence-corrected chi connectivity index (χ0v) is 16.1. The lowest BCUT2D eigenvalue weighted by Gasteiger charge is -2.29. The average molecular weight is 389 g/mol. The number of amides is 1. The third kappa shape index (κ3) is 4.72. The molecule has 1 aliphatic rings. The molecule has 4 heterocycles. The van der Waals surface area contributed by atoms with Crippen molar-refractivity contribution in [3.63, 3.8) is 0 Å². The first-order chi connectivity index (χ1) is 14.3. The van der Waals surface area contributed by atoms with E-state index in [2.05, 4.69) is 20.3 Å². The highest BCUT2D eigenvalue weighted by Crippen LogP contribution is 2.25. The van der Waals surface area contributed by atoms with Gasteiger partial charge in [0.15, 0.2) is 0 Å². The van der Waals surface area contributed by atoms with E-state index in [4.69, 9.17) is 4.98 Å². The first-order valence-corrected chi connectivity index (χ1v) is 9.71. The van der Waals surface area contributed by atoms with E-state index in [9.17, 15) is 4.79 Å². The molecule has 0 spiro atoms. The Morgan fingerprint density at radius 3 is 2.69 bits per heavy atom. The molecule has 1 N–H and O–H groups in total. The van der Waals surface area contributed by atoms with Crippen molar-refractivity contribution in [3.8, 4) is 11.3 Å². The van der Waals surface area contributed by atoms with Crippen molar-refractivity contribution in [1.82, 2.24) is 30.2 Å². The molecule has 0 aliphatic carbocycles. The summed E-state index contributed by atoms with van der Waals surface area (Å²) in [6.07, 6.45) is 7.12. The highest BCUT2D eigenvalue weighted by molar-refractivity contribution is 5.77. The van der Waals surface area contributed by atoms with Gasteiger partial charge in [0.2, 0.25) is 5.91 Å². The molecule has 148 valence electrons. The van der Waals surface area contributed by atoms with Gasteiger partial charge in [-0.25, -0.2) is 15.0 Å². The Labute approximate surface area is 169 Å². The lowest BCUT2D eigenvalue weighted by Crippen LogP contribution is -2.47. The van der Waals surface area contributed by atoms with E-state index >= 15 is 0 Å². The summed E-state index contributed by atoms with van der Waals surface area (Å²) in [6, 6.07) is 11.5. The fraction of sp³-hybridized carbons (Fsp3) is 0.286. The molecule has 1 saturated heterocycles. The number of aromatic nitrogens is 4. The third-order valence-corrected chi connectivity index (χ3v) is 4.83. The number of hydrogen-bond acceptors (Lipinski definition) is 7. The molecule has 0 bridgehead atoms. The van der Waals surface area contributed by atoms with Crippen LogP contribution in [0.3, 0.4) is 0 Å². The molecular formula is C21H23N7O. The van der Waals surface area contributed by atoms with Crippen LogP contribution in [0, 0.1) is 0 Å². The fourth-order valence-corrected chi connectivity index (χ4v) is 3.32. The SMILES string of the molecule is O=C(CCN(c1ccncn1)c1cccc(-c2cccnc2)n1)N1CCNCC1. The number of rotatable bonds is 6. The fourth-order valence-electron chi connectivity index (χ4n) is 3.32. The summed E-state index contributed by atoms with van der Waals surface area (Å²) in [5, 5.41) is 3.27. The van der Waals surface area contributed by atoms with E-state index in [0.717, 1.165) is 43.3 Å². The first-order valence-electron chi connectivity index (χ1n) is 9.71. The van der Waals surface area contributed by atoms with Crippen LogP contribution in [-0.2, 0) is 4.79 Å². The van der Waals surface area contributed by atoms with Crippen LogP contribution < -0.4 is 10.2 Å². The average Bonchev–Trinajstić information content (AvgIpc) is 2.81. The molecule has 4 rings (SSSR count). The molecule has 0 unspecified atom stereocenters. The van der Waals surface area contributed by atoms with Crippen LogP contribution in [0.15, 0.2) is 61.3 Å². The Hall–Kier alpha value is -3.39. The molecule has 29 heavy (non-hydrogen) atoms. The van der Waals surface area contributed by atoms with Crippen molar-refractivity contribution >= 4 is 17.5 Å². The number of piperazine rings is 1. The van der Waals surface area contributed by atoms with Gasteiger partial charge < -0.3 is 15.1 Å². The summed E-state index contributed by atoms with van der Waals surface area (Å²) >= 11 is 0. The second kappa shape index (κ2) is 9.20. The molecule has 0 aromatic carbocycles. The monoisotopic (exact) mass is 389 g/mol. The maximum Gasteiger partial charge on any atom is 0.224 e. The van der Waals surface area contributed by atoms with Gasteiger partial charge in [-0.15, -0.1) is 0 Å². The minimum atomic E-state index is 0.147. The number of nitrogens with one attached hydrogen (secondary N) is 1. The molecule has 8 nitrogen and oxygen atoms in total. The van der Waals surface area contributed by atoms with E-state index in [1.165, 1.54) is 6.33 Å². The van der Waals surface area contributed by atoms with Gasteiger partial charge in [0, 0.05) is 63.3 Å². The summed E-state index contributed by atoms with van der Waals surface area (Å²) in [5.41, 5.74) is 1.76. The lowest BCUT2D eigenvalue weighted by molar-refractivity contribution is -0.131. The van der Waals surface area contributed by atoms with Gasteiger partial charge in [0.05, 0.1) is 5.69 Å². The Kier molecular flexibility index (Phi) is 6.01. The van der Waals surface area contributed by atoms with Crippen molar-refractivity contribution in [2.24, 2.45) is 0 Å². The topological polar surface area (TPSA) is 87.1 Å². The molecule has 1 aliphatic heterocycles. The van der Waals surface area contributed by atoms with Gasteiger partial charge in [-0.1, -0.05) is 6.07 Å². The van der Waals surface area contributed by atoms with Gasteiger partial charge in [0.1, 0.15) is 18.0 Å². The van der Waals surface area contributed by atoms with Crippen molar-refractivity contribution in [1.29, 1.82) is 0 Å². The van der Waals surface area contributed by atoms with Crippen molar-refractivity contribution in [2.75, 3.05) is 37.6 Å². The van der Waals surface area contributed by atoms with Crippen LogP contribution in [0.2, 0.25) is 0 Å². The Bertz CT molecular complexity index is 930. The standard InChI is InChI=1S/C21H23N7O/c29-21(27-13-10-22-11-14-27)7-12-28(19-6-9-24-16-25-19)20-5-1-4-18(26-20)17-3-2-8-23-15-17/h1-6,8-9,15-16,22H,7,10-14H2. The smallest absolute Gasteiger partial charge is 0.224 e. The molecule has 3 aromatic rings. The minimum Gasteiger partial charge on any atom is -0.340 e.